The minimum atomic E-state index is -0.0719. The van der Waals surface area contributed by atoms with E-state index in [1.165, 1.54) is 0 Å². The average molecular weight is 178 g/mol. The van der Waals surface area contributed by atoms with Crippen LogP contribution in [0.3, 0.4) is 0 Å². The third-order valence-corrected chi connectivity index (χ3v) is 2.33. The molecule has 0 aliphatic carbocycles. The van der Waals surface area contributed by atoms with Crippen molar-refractivity contribution < 1.29 is 4.39 Å². The van der Waals surface area contributed by atoms with E-state index < -0.39 is 0 Å². The van der Waals surface area contributed by atoms with Gasteiger partial charge in [-0.05, 0) is 17.5 Å². The van der Waals surface area contributed by atoms with Crippen molar-refractivity contribution in [2.75, 3.05) is 0 Å². The molecule has 70 valence electrons. The molecule has 0 radical (unpaired) electrons. The summed E-state index contributed by atoms with van der Waals surface area (Å²) < 4.78 is 13.7. The normalized spacial score (nSPS) is 12.5. The minimum Gasteiger partial charge on any atom is -0.206 e. The van der Waals surface area contributed by atoms with Gasteiger partial charge in [-0.1, -0.05) is 38.1 Å². The van der Waals surface area contributed by atoms with Crippen molar-refractivity contribution in [2.45, 2.75) is 26.2 Å². The van der Waals surface area contributed by atoms with Gasteiger partial charge in [0.05, 0.1) is 0 Å². The van der Waals surface area contributed by atoms with Gasteiger partial charge in [0.25, 0.3) is 0 Å². The van der Waals surface area contributed by atoms with Crippen LogP contribution in [0.15, 0.2) is 30.9 Å². The lowest BCUT2D eigenvalue weighted by molar-refractivity contribution is 0.590. The van der Waals surface area contributed by atoms with Crippen LogP contribution in [-0.4, -0.2) is 0 Å². The van der Waals surface area contributed by atoms with Gasteiger partial charge in [0.2, 0.25) is 0 Å². The first-order valence-corrected chi connectivity index (χ1v) is 4.60. The summed E-state index contributed by atoms with van der Waals surface area (Å²) in [4.78, 5) is 0. The largest absolute Gasteiger partial charge is 0.206 e. The third kappa shape index (κ3) is 1.97. The van der Waals surface area contributed by atoms with Crippen molar-refractivity contribution in [2.24, 2.45) is 0 Å². The van der Waals surface area contributed by atoms with Crippen LogP contribution in [0.5, 0.6) is 0 Å². The van der Waals surface area contributed by atoms with Gasteiger partial charge in [0, 0.05) is 5.92 Å². The van der Waals surface area contributed by atoms with Gasteiger partial charge in [-0.3, -0.25) is 0 Å². The standard InChI is InChI=1S/C12H15F/c1-4-9(3)11-8-6-7-10(5-2)12(11)13/h4,6-9H,1,5H2,2-3H3. The molecular formula is C12H15F. The lowest BCUT2D eigenvalue weighted by atomic mass is 9.97. The number of aryl methyl sites for hydroxylation is 1. The maximum absolute atomic E-state index is 13.7. The van der Waals surface area contributed by atoms with Gasteiger partial charge in [-0.15, -0.1) is 6.58 Å². The van der Waals surface area contributed by atoms with Crippen LogP contribution >= 0.6 is 0 Å². The van der Waals surface area contributed by atoms with E-state index >= 15 is 0 Å². The Morgan fingerprint density at radius 1 is 1.54 bits per heavy atom. The van der Waals surface area contributed by atoms with Crippen LogP contribution in [-0.2, 0) is 6.42 Å². The first-order chi connectivity index (χ1) is 6.20. The van der Waals surface area contributed by atoms with Crippen molar-refractivity contribution in [3.8, 4) is 0 Å². The molecule has 0 nitrogen and oxygen atoms in total. The summed E-state index contributed by atoms with van der Waals surface area (Å²) in [6.07, 6.45) is 2.50. The Labute approximate surface area is 79.1 Å². The smallest absolute Gasteiger partial charge is 0.130 e. The monoisotopic (exact) mass is 178 g/mol. The van der Waals surface area contributed by atoms with E-state index in [4.69, 9.17) is 0 Å². The zero-order valence-corrected chi connectivity index (χ0v) is 8.18. The summed E-state index contributed by atoms with van der Waals surface area (Å²) in [5, 5.41) is 0. The molecule has 0 spiro atoms. The number of hydrogen-bond acceptors (Lipinski definition) is 0. The molecule has 1 heteroatoms. The van der Waals surface area contributed by atoms with E-state index in [2.05, 4.69) is 6.58 Å². The van der Waals surface area contributed by atoms with Crippen molar-refractivity contribution in [3.63, 3.8) is 0 Å². The predicted octanol–water partition coefficient (Wildman–Crippen LogP) is 3.68. The molecule has 1 rings (SSSR count). The Bertz CT molecular complexity index is 302. The number of allylic oxidation sites excluding steroid dienone is 1. The van der Waals surface area contributed by atoms with Gasteiger partial charge in [-0.25, -0.2) is 4.39 Å². The first-order valence-electron chi connectivity index (χ1n) is 4.60. The molecule has 13 heavy (non-hydrogen) atoms. The number of benzene rings is 1. The Morgan fingerprint density at radius 3 is 2.77 bits per heavy atom. The van der Waals surface area contributed by atoms with Gasteiger partial charge in [0.15, 0.2) is 0 Å². The highest BCUT2D eigenvalue weighted by Crippen LogP contribution is 2.22. The number of halogens is 1. The Balaban J connectivity index is 3.14. The molecule has 0 fully saturated rings. The quantitative estimate of drug-likeness (QED) is 0.619. The Morgan fingerprint density at radius 2 is 2.23 bits per heavy atom. The third-order valence-electron chi connectivity index (χ3n) is 2.33. The summed E-state index contributed by atoms with van der Waals surface area (Å²) in [5.74, 6) is 0.0175. The molecule has 1 atom stereocenters. The topological polar surface area (TPSA) is 0 Å². The van der Waals surface area contributed by atoms with E-state index in [0.29, 0.717) is 0 Å². The van der Waals surface area contributed by atoms with Crippen molar-refractivity contribution in [1.29, 1.82) is 0 Å². The highest BCUT2D eigenvalue weighted by molar-refractivity contribution is 5.30. The summed E-state index contributed by atoms with van der Waals surface area (Å²) in [5.41, 5.74) is 1.53. The summed E-state index contributed by atoms with van der Waals surface area (Å²) in [6.45, 7) is 7.58. The second-order valence-electron chi connectivity index (χ2n) is 3.20. The Hall–Kier alpha value is -1.11. The molecule has 0 saturated heterocycles. The fraction of sp³-hybridized carbons (Fsp3) is 0.333. The molecule has 0 heterocycles. The van der Waals surface area contributed by atoms with Crippen LogP contribution in [0, 0.1) is 5.82 Å². The maximum Gasteiger partial charge on any atom is 0.130 e. The average Bonchev–Trinajstić information content (AvgIpc) is 2.17. The van der Waals surface area contributed by atoms with Gasteiger partial charge in [0.1, 0.15) is 5.82 Å². The van der Waals surface area contributed by atoms with Crippen LogP contribution in [0.4, 0.5) is 4.39 Å². The first kappa shape index (κ1) is 9.97. The molecule has 1 aromatic rings. The fourth-order valence-corrected chi connectivity index (χ4v) is 1.35. The van der Waals surface area contributed by atoms with Gasteiger partial charge >= 0.3 is 0 Å². The molecule has 0 saturated carbocycles. The molecule has 0 aliphatic rings. The van der Waals surface area contributed by atoms with Gasteiger partial charge < -0.3 is 0 Å². The van der Waals surface area contributed by atoms with Crippen molar-refractivity contribution in [1.82, 2.24) is 0 Å². The molecule has 0 amide bonds. The lowest BCUT2D eigenvalue weighted by Gasteiger charge is -2.10. The van der Waals surface area contributed by atoms with Crippen LogP contribution in [0.2, 0.25) is 0 Å². The van der Waals surface area contributed by atoms with E-state index in [-0.39, 0.29) is 11.7 Å². The Kier molecular flexibility index (Phi) is 3.24. The number of rotatable bonds is 3. The van der Waals surface area contributed by atoms with Crippen LogP contribution in [0.1, 0.15) is 30.9 Å². The second kappa shape index (κ2) is 4.22. The van der Waals surface area contributed by atoms with E-state index in [9.17, 15) is 4.39 Å². The molecule has 1 aromatic carbocycles. The molecule has 1 unspecified atom stereocenters. The summed E-state index contributed by atoms with van der Waals surface area (Å²) in [6, 6.07) is 5.55. The SMILES string of the molecule is C=CC(C)c1cccc(CC)c1F. The van der Waals surface area contributed by atoms with E-state index in [1.807, 2.05) is 32.0 Å². The highest BCUT2D eigenvalue weighted by Gasteiger charge is 2.09. The molecule has 0 aromatic heterocycles. The zero-order chi connectivity index (χ0) is 9.84. The minimum absolute atomic E-state index is 0.0719. The summed E-state index contributed by atoms with van der Waals surface area (Å²) >= 11 is 0. The second-order valence-corrected chi connectivity index (χ2v) is 3.20. The number of hydrogen-bond donors (Lipinski definition) is 0. The highest BCUT2D eigenvalue weighted by atomic mass is 19.1. The molecule has 0 bridgehead atoms. The van der Waals surface area contributed by atoms with Gasteiger partial charge in [-0.2, -0.15) is 0 Å². The fourth-order valence-electron chi connectivity index (χ4n) is 1.35. The predicted molar refractivity (Wildman–Crippen MR) is 54.4 cm³/mol. The molecule has 0 N–H and O–H groups in total. The maximum atomic E-state index is 13.7. The summed E-state index contributed by atoms with van der Waals surface area (Å²) in [7, 11) is 0. The van der Waals surface area contributed by atoms with Crippen molar-refractivity contribution in [3.05, 3.63) is 47.8 Å². The van der Waals surface area contributed by atoms with E-state index in [1.54, 1.807) is 6.08 Å². The van der Waals surface area contributed by atoms with Crippen molar-refractivity contribution >= 4 is 0 Å². The van der Waals surface area contributed by atoms with Crippen LogP contribution < -0.4 is 0 Å². The molecule has 0 aliphatic heterocycles. The van der Waals surface area contributed by atoms with E-state index in [0.717, 1.165) is 17.5 Å². The zero-order valence-electron chi connectivity index (χ0n) is 8.18. The van der Waals surface area contributed by atoms with Crippen LogP contribution in [0.25, 0.3) is 0 Å². The lowest BCUT2D eigenvalue weighted by Crippen LogP contribution is -1.97. The molecular weight excluding hydrogens is 163 g/mol.